The van der Waals surface area contributed by atoms with Gasteiger partial charge in [0.15, 0.2) is 0 Å². The normalized spacial score (nSPS) is 10.5. The van der Waals surface area contributed by atoms with Crippen molar-refractivity contribution in [1.29, 1.82) is 0 Å². The highest BCUT2D eigenvalue weighted by Gasteiger charge is 2.06. The van der Waals surface area contributed by atoms with E-state index < -0.39 is 0 Å². The minimum Gasteiger partial charge on any atom is -0.488 e. The van der Waals surface area contributed by atoms with Gasteiger partial charge in [0.05, 0.1) is 5.88 Å². The van der Waals surface area contributed by atoms with E-state index in [1.54, 1.807) is 0 Å². The van der Waals surface area contributed by atoms with Crippen LogP contribution in [0.4, 0.5) is 0 Å². The summed E-state index contributed by atoms with van der Waals surface area (Å²) in [7, 11) is 0. The molecule has 0 aromatic heterocycles. The maximum Gasteiger partial charge on any atom is 0.127 e. The summed E-state index contributed by atoms with van der Waals surface area (Å²) in [4.78, 5) is 0. The Hall–Kier alpha value is -1.47. The smallest absolute Gasteiger partial charge is 0.127 e. The summed E-state index contributed by atoms with van der Waals surface area (Å²) < 4.78 is 5.93. The van der Waals surface area contributed by atoms with E-state index in [-0.39, 0.29) is 0 Å². The van der Waals surface area contributed by atoms with Gasteiger partial charge in [0.2, 0.25) is 0 Å². The van der Waals surface area contributed by atoms with Crippen LogP contribution in [0.1, 0.15) is 29.2 Å². The number of rotatable bonds is 5. The molecule has 2 aromatic carbocycles. The summed E-state index contributed by atoms with van der Waals surface area (Å²) in [5.74, 6) is 1.39. The van der Waals surface area contributed by atoms with Crippen molar-refractivity contribution in [3.05, 3.63) is 64.7 Å². The first-order valence-electron chi connectivity index (χ1n) is 6.59. The first kappa shape index (κ1) is 14.0. The number of ether oxygens (including phenoxy) is 1. The second-order valence-corrected chi connectivity index (χ2v) is 4.92. The molecule has 0 unspecified atom stereocenters. The summed E-state index contributed by atoms with van der Waals surface area (Å²) in [6.07, 6.45) is 1.06. The van der Waals surface area contributed by atoms with Gasteiger partial charge in [0.25, 0.3) is 0 Å². The molecule has 2 rings (SSSR count). The fourth-order valence-electron chi connectivity index (χ4n) is 2.05. The maximum atomic E-state index is 5.95. The van der Waals surface area contributed by atoms with E-state index in [1.807, 2.05) is 25.1 Å². The van der Waals surface area contributed by atoms with Crippen LogP contribution in [-0.2, 0) is 18.9 Å². The molecule has 19 heavy (non-hydrogen) atoms. The van der Waals surface area contributed by atoms with Gasteiger partial charge in [-0.1, -0.05) is 49.4 Å². The molecule has 0 radical (unpaired) electrons. The summed E-state index contributed by atoms with van der Waals surface area (Å²) >= 11 is 5.95. The Morgan fingerprint density at radius 3 is 2.32 bits per heavy atom. The Morgan fingerprint density at radius 2 is 1.68 bits per heavy atom. The molecule has 0 saturated carbocycles. The molecule has 0 N–H and O–H groups in total. The highest BCUT2D eigenvalue weighted by molar-refractivity contribution is 6.17. The fraction of sp³-hybridized carbons (Fsp3) is 0.294. The molecule has 0 saturated heterocycles. The quantitative estimate of drug-likeness (QED) is 0.707. The van der Waals surface area contributed by atoms with Crippen molar-refractivity contribution in [2.75, 3.05) is 0 Å². The van der Waals surface area contributed by atoms with Gasteiger partial charge in [-0.15, -0.1) is 11.6 Å². The maximum absolute atomic E-state index is 5.95. The molecular weight excluding hydrogens is 256 g/mol. The predicted octanol–water partition coefficient (Wildman–Crippen LogP) is 4.88. The van der Waals surface area contributed by atoms with Crippen molar-refractivity contribution in [3.8, 4) is 5.75 Å². The molecule has 0 heterocycles. The van der Waals surface area contributed by atoms with Crippen molar-refractivity contribution in [3.63, 3.8) is 0 Å². The van der Waals surface area contributed by atoms with Crippen molar-refractivity contribution >= 4 is 11.6 Å². The zero-order chi connectivity index (χ0) is 13.7. The van der Waals surface area contributed by atoms with E-state index in [2.05, 4.69) is 31.2 Å². The Balaban J connectivity index is 2.09. The number of aryl methyl sites for hydroxylation is 2. The Labute approximate surface area is 120 Å². The molecule has 2 aromatic rings. The largest absolute Gasteiger partial charge is 0.488 e. The summed E-state index contributed by atoms with van der Waals surface area (Å²) in [6, 6.07) is 14.6. The van der Waals surface area contributed by atoms with Crippen LogP contribution in [0.25, 0.3) is 0 Å². The van der Waals surface area contributed by atoms with Crippen LogP contribution in [0.2, 0.25) is 0 Å². The highest BCUT2D eigenvalue weighted by Crippen LogP contribution is 2.25. The van der Waals surface area contributed by atoms with Crippen LogP contribution < -0.4 is 4.74 Å². The number of para-hydroxylation sites is 1. The van der Waals surface area contributed by atoms with Crippen LogP contribution >= 0.6 is 11.6 Å². The average Bonchev–Trinajstić information content (AvgIpc) is 2.46. The van der Waals surface area contributed by atoms with Gasteiger partial charge in [-0.3, -0.25) is 0 Å². The minimum atomic E-state index is 0.478. The van der Waals surface area contributed by atoms with Crippen LogP contribution in [-0.4, -0.2) is 0 Å². The van der Waals surface area contributed by atoms with Gasteiger partial charge in [0.1, 0.15) is 12.4 Å². The van der Waals surface area contributed by atoms with E-state index in [0.29, 0.717) is 12.5 Å². The minimum absolute atomic E-state index is 0.478. The molecular formula is C17H19ClO. The lowest BCUT2D eigenvalue weighted by Gasteiger charge is -2.13. The second kappa shape index (κ2) is 6.63. The van der Waals surface area contributed by atoms with Crippen molar-refractivity contribution < 1.29 is 4.74 Å². The van der Waals surface area contributed by atoms with E-state index in [1.165, 1.54) is 11.1 Å². The zero-order valence-electron chi connectivity index (χ0n) is 11.4. The van der Waals surface area contributed by atoms with E-state index in [4.69, 9.17) is 16.3 Å². The molecule has 0 aliphatic heterocycles. The molecule has 0 amide bonds. The lowest BCUT2D eigenvalue weighted by molar-refractivity contribution is 0.301. The predicted molar refractivity (Wildman–Crippen MR) is 80.9 cm³/mol. The van der Waals surface area contributed by atoms with Gasteiger partial charge in [-0.25, -0.2) is 0 Å². The van der Waals surface area contributed by atoms with Crippen molar-refractivity contribution in [1.82, 2.24) is 0 Å². The molecule has 0 bridgehead atoms. The van der Waals surface area contributed by atoms with Gasteiger partial charge in [0, 0.05) is 5.56 Å². The van der Waals surface area contributed by atoms with Crippen LogP contribution in [0, 0.1) is 6.92 Å². The molecule has 0 aliphatic carbocycles. The number of hydrogen-bond donors (Lipinski definition) is 0. The standard InChI is InChI=1S/C17H19ClO/c1-3-14-7-9-15(10-8-14)12-19-17-13(2)5-4-6-16(17)11-18/h4-10H,3,11-12H2,1-2H3. The molecule has 0 atom stereocenters. The SMILES string of the molecule is CCc1ccc(COc2c(C)cccc2CCl)cc1. The highest BCUT2D eigenvalue weighted by atomic mass is 35.5. The lowest BCUT2D eigenvalue weighted by atomic mass is 10.1. The third-order valence-corrected chi connectivity index (χ3v) is 3.54. The Bertz CT molecular complexity index is 531. The molecule has 100 valence electrons. The Morgan fingerprint density at radius 1 is 1.00 bits per heavy atom. The fourth-order valence-corrected chi connectivity index (χ4v) is 2.26. The number of halogens is 1. The average molecular weight is 275 g/mol. The first-order valence-corrected chi connectivity index (χ1v) is 7.13. The molecule has 1 nitrogen and oxygen atoms in total. The topological polar surface area (TPSA) is 9.23 Å². The number of benzene rings is 2. The zero-order valence-corrected chi connectivity index (χ0v) is 12.2. The van der Waals surface area contributed by atoms with Crippen LogP contribution in [0.3, 0.4) is 0 Å². The summed E-state index contributed by atoms with van der Waals surface area (Å²) in [5.41, 5.74) is 4.71. The van der Waals surface area contributed by atoms with E-state index in [9.17, 15) is 0 Å². The third kappa shape index (κ3) is 3.51. The molecule has 0 spiro atoms. The lowest BCUT2D eigenvalue weighted by Crippen LogP contribution is -2.00. The van der Waals surface area contributed by atoms with E-state index >= 15 is 0 Å². The summed E-state index contributed by atoms with van der Waals surface area (Å²) in [6.45, 7) is 4.79. The Kier molecular flexibility index (Phi) is 4.86. The molecule has 2 heteroatoms. The van der Waals surface area contributed by atoms with Crippen molar-refractivity contribution in [2.24, 2.45) is 0 Å². The number of hydrogen-bond acceptors (Lipinski definition) is 1. The third-order valence-electron chi connectivity index (χ3n) is 3.25. The molecule has 0 aliphatic rings. The van der Waals surface area contributed by atoms with Gasteiger partial charge >= 0.3 is 0 Å². The van der Waals surface area contributed by atoms with Crippen molar-refractivity contribution in [2.45, 2.75) is 32.8 Å². The monoisotopic (exact) mass is 274 g/mol. The summed E-state index contributed by atoms with van der Waals surface area (Å²) in [5, 5.41) is 0. The van der Waals surface area contributed by atoms with Gasteiger partial charge in [-0.05, 0) is 30.0 Å². The van der Waals surface area contributed by atoms with Gasteiger partial charge < -0.3 is 4.74 Å². The van der Waals surface area contributed by atoms with Gasteiger partial charge in [-0.2, -0.15) is 0 Å². The van der Waals surface area contributed by atoms with E-state index in [0.717, 1.165) is 23.3 Å². The first-order chi connectivity index (χ1) is 9.24. The second-order valence-electron chi connectivity index (χ2n) is 4.66. The van der Waals surface area contributed by atoms with Crippen LogP contribution in [0.15, 0.2) is 42.5 Å². The molecule has 0 fully saturated rings. The number of alkyl halides is 1. The van der Waals surface area contributed by atoms with Crippen LogP contribution in [0.5, 0.6) is 5.75 Å².